The van der Waals surface area contributed by atoms with E-state index in [0.29, 0.717) is 18.7 Å². The molecular weight excluding hydrogens is 222 g/mol. The second kappa shape index (κ2) is 7.30. The number of aliphatic hydroxyl groups is 1. The summed E-state index contributed by atoms with van der Waals surface area (Å²) in [6.45, 7) is 2.25. The molecule has 1 aromatic carbocycles. The van der Waals surface area contributed by atoms with Gasteiger partial charge in [-0.3, -0.25) is 4.79 Å². The molecular formula is C12H17NO2S. The Kier molecular flexibility index (Phi) is 5.96. The molecule has 1 aromatic rings. The summed E-state index contributed by atoms with van der Waals surface area (Å²) < 4.78 is 0. The fourth-order valence-electron chi connectivity index (χ4n) is 1.14. The first-order chi connectivity index (χ1) is 7.68. The Balaban J connectivity index is 2.16. The van der Waals surface area contributed by atoms with E-state index in [1.807, 2.05) is 30.3 Å². The van der Waals surface area contributed by atoms with Crippen molar-refractivity contribution in [2.45, 2.75) is 24.3 Å². The van der Waals surface area contributed by atoms with E-state index in [2.05, 4.69) is 5.32 Å². The van der Waals surface area contributed by atoms with Crippen molar-refractivity contribution in [2.75, 3.05) is 12.3 Å². The van der Waals surface area contributed by atoms with Gasteiger partial charge in [0.1, 0.15) is 0 Å². The first-order valence-electron chi connectivity index (χ1n) is 5.31. The number of carbonyl (C=O) groups excluding carboxylic acids is 1. The van der Waals surface area contributed by atoms with Gasteiger partial charge in [-0.15, -0.1) is 11.8 Å². The van der Waals surface area contributed by atoms with Crippen molar-refractivity contribution in [3.05, 3.63) is 30.3 Å². The highest BCUT2D eigenvalue weighted by Crippen LogP contribution is 2.15. The first-order valence-corrected chi connectivity index (χ1v) is 6.29. The smallest absolute Gasteiger partial charge is 0.230 e. The zero-order valence-electron chi connectivity index (χ0n) is 9.35. The zero-order chi connectivity index (χ0) is 11.8. The van der Waals surface area contributed by atoms with Crippen LogP contribution in [0.25, 0.3) is 0 Å². The standard InChI is InChI=1S/C12H17NO2S/c1-10(14)7-8-13-12(15)9-16-11-5-3-2-4-6-11/h2-6,10,14H,7-9H2,1H3,(H,13,15). The molecule has 0 heterocycles. The lowest BCUT2D eigenvalue weighted by molar-refractivity contribution is -0.118. The molecule has 0 bridgehead atoms. The van der Waals surface area contributed by atoms with Crippen LogP contribution >= 0.6 is 11.8 Å². The number of rotatable bonds is 6. The summed E-state index contributed by atoms with van der Waals surface area (Å²) in [6.07, 6.45) is 0.240. The van der Waals surface area contributed by atoms with Crippen LogP contribution in [0.1, 0.15) is 13.3 Å². The predicted molar refractivity (Wildman–Crippen MR) is 66.5 cm³/mol. The molecule has 88 valence electrons. The number of amides is 1. The SMILES string of the molecule is CC(O)CCNC(=O)CSc1ccccc1. The van der Waals surface area contributed by atoms with Crippen molar-refractivity contribution in [2.24, 2.45) is 0 Å². The molecule has 0 saturated carbocycles. The molecule has 1 unspecified atom stereocenters. The van der Waals surface area contributed by atoms with Gasteiger partial charge in [-0.2, -0.15) is 0 Å². The van der Waals surface area contributed by atoms with Gasteiger partial charge in [-0.25, -0.2) is 0 Å². The van der Waals surface area contributed by atoms with Gasteiger partial charge in [0.25, 0.3) is 0 Å². The third kappa shape index (κ3) is 5.78. The van der Waals surface area contributed by atoms with Crippen molar-refractivity contribution >= 4 is 17.7 Å². The van der Waals surface area contributed by atoms with Crippen LogP contribution in [-0.4, -0.2) is 29.4 Å². The maximum absolute atomic E-state index is 11.4. The van der Waals surface area contributed by atoms with E-state index in [1.54, 1.807) is 6.92 Å². The quantitative estimate of drug-likeness (QED) is 0.742. The van der Waals surface area contributed by atoms with E-state index in [1.165, 1.54) is 11.8 Å². The first kappa shape index (κ1) is 13.1. The van der Waals surface area contributed by atoms with Crippen LogP contribution in [-0.2, 0) is 4.79 Å². The van der Waals surface area contributed by atoms with Gasteiger partial charge in [0.15, 0.2) is 0 Å². The largest absolute Gasteiger partial charge is 0.393 e. The number of hydrogen-bond acceptors (Lipinski definition) is 3. The maximum atomic E-state index is 11.4. The monoisotopic (exact) mass is 239 g/mol. The molecule has 3 nitrogen and oxygen atoms in total. The number of thioether (sulfide) groups is 1. The van der Waals surface area contributed by atoms with Gasteiger partial charge >= 0.3 is 0 Å². The summed E-state index contributed by atoms with van der Waals surface area (Å²) in [4.78, 5) is 12.5. The van der Waals surface area contributed by atoms with Crippen molar-refractivity contribution in [1.82, 2.24) is 5.32 Å². The summed E-state index contributed by atoms with van der Waals surface area (Å²) >= 11 is 1.51. The highest BCUT2D eigenvalue weighted by atomic mass is 32.2. The van der Waals surface area contributed by atoms with Crippen molar-refractivity contribution in [3.63, 3.8) is 0 Å². The second-order valence-electron chi connectivity index (χ2n) is 3.59. The van der Waals surface area contributed by atoms with Gasteiger partial charge in [-0.05, 0) is 25.5 Å². The normalized spacial score (nSPS) is 12.1. The number of aliphatic hydroxyl groups excluding tert-OH is 1. The Bertz CT molecular complexity index is 314. The molecule has 0 radical (unpaired) electrons. The molecule has 4 heteroatoms. The number of nitrogens with one attached hydrogen (secondary N) is 1. The van der Waals surface area contributed by atoms with Gasteiger partial charge in [0.2, 0.25) is 5.91 Å². The van der Waals surface area contributed by atoms with Crippen molar-refractivity contribution in [1.29, 1.82) is 0 Å². The third-order valence-electron chi connectivity index (χ3n) is 2.00. The Labute approximate surface area is 100 Å². The molecule has 0 aliphatic carbocycles. The van der Waals surface area contributed by atoms with Crippen LogP contribution in [0.2, 0.25) is 0 Å². The van der Waals surface area contributed by atoms with Crippen molar-refractivity contribution in [3.8, 4) is 0 Å². The minimum absolute atomic E-state index is 0.00880. The zero-order valence-corrected chi connectivity index (χ0v) is 10.2. The van der Waals surface area contributed by atoms with Crippen molar-refractivity contribution < 1.29 is 9.90 Å². The molecule has 2 N–H and O–H groups in total. The average Bonchev–Trinajstić information content (AvgIpc) is 2.27. The molecule has 0 aliphatic rings. The van der Waals surface area contributed by atoms with Gasteiger partial charge in [0.05, 0.1) is 11.9 Å². The lowest BCUT2D eigenvalue weighted by atomic mass is 10.3. The molecule has 0 aliphatic heterocycles. The molecule has 16 heavy (non-hydrogen) atoms. The predicted octanol–water partition coefficient (Wildman–Crippen LogP) is 1.67. The van der Waals surface area contributed by atoms with Crippen LogP contribution in [0.4, 0.5) is 0 Å². The Morgan fingerprint density at radius 3 is 2.75 bits per heavy atom. The van der Waals surface area contributed by atoms with E-state index in [0.717, 1.165) is 4.90 Å². The van der Waals surface area contributed by atoms with Crippen LogP contribution < -0.4 is 5.32 Å². The molecule has 1 rings (SSSR count). The topological polar surface area (TPSA) is 49.3 Å². The highest BCUT2D eigenvalue weighted by molar-refractivity contribution is 8.00. The lowest BCUT2D eigenvalue weighted by Gasteiger charge is -2.06. The molecule has 0 saturated heterocycles. The van der Waals surface area contributed by atoms with Crippen LogP contribution in [0, 0.1) is 0 Å². The van der Waals surface area contributed by atoms with E-state index in [4.69, 9.17) is 5.11 Å². The Morgan fingerprint density at radius 1 is 1.44 bits per heavy atom. The third-order valence-corrected chi connectivity index (χ3v) is 3.01. The van der Waals surface area contributed by atoms with Gasteiger partial charge in [0, 0.05) is 11.4 Å². The number of hydrogen-bond donors (Lipinski definition) is 2. The summed E-state index contributed by atoms with van der Waals surface area (Å²) in [5.41, 5.74) is 0. The summed E-state index contributed by atoms with van der Waals surface area (Å²) in [5.74, 6) is 0.429. The summed E-state index contributed by atoms with van der Waals surface area (Å²) in [5, 5.41) is 11.8. The lowest BCUT2D eigenvalue weighted by Crippen LogP contribution is -2.27. The highest BCUT2D eigenvalue weighted by Gasteiger charge is 2.02. The van der Waals surface area contributed by atoms with Gasteiger partial charge in [-0.1, -0.05) is 18.2 Å². The van der Waals surface area contributed by atoms with Crippen LogP contribution in [0.3, 0.4) is 0 Å². The molecule has 0 fully saturated rings. The number of carbonyl (C=O) groups is 1. The number of benzene rings is 1. The van der Waals surface area contributed by atoms with Crippen LogP contribution in [0.5, 0.6) is 0 Å². The second-order valence-corrected chi connectivity index (χ2v) is 4.64. The molecule has 0 aromatic heterocycles. The van der Waals surface area contributed by atoms with E-state index < -0.39 is 0 Å². The Morgan fingerprint density at radius 2 is 2.12 bits per heavy atom. The van der Waals surface area contributed by atoms with E-state index >= 15 is 0 Å². The van der Waals surface area contributed by atoms with E-state index in [9.17, 15) is 4.79 Å². The van der Waals surface area contributed by atoms with Gasteiger partial charge < -0.3 is 10.4 Å². The molecule has 0 spiro atoms. The minimum atomic E-state index is -0.359. The summed E-state index contributed by atoms with van der Waals surface area (Å²) in [6, 6.07) is 9.82. The fourth-order valence-corrected chi connectivity index (χ4v) is 1.89. The average molecular weight is 239 g/mol. The maximum Gasteiger partial charge on any atom is 0.230 e. The molecule has 1 amide bonds. The molecule has 1 atom stereocenters. The Hall–Kier alpha value is -1.00. The minimum Gasteiger partial charge on any atom is -0.393 e. The van der Waals surface area contributed by atoms with E-state index in [-0.39, 0.29) is 12.0 Å². The van der Waals surface area contributed by atoms with Crippen LogP contribution in [0.15, 0.2) is 35.2 Å². The summed E-state index contributed by atoms with van der Waals surface area (Å²) in [7, 11) is 0. The fraction of sp³-hybridized carbons (Fsp3) is 0.417.